The number of nitrogens with one attached hydrogen (secondary N) is 1. The molecule has 0 fully saturated rings. The minimum absolute atomic E-state index is 0. The van der Waals surface area contributed by atoms with Crippen molar-refractivity contribution in [1.29, 1.82) is 0 Å². The summed E-state index contributed by atoms with van der Waals surface area (Å²) in [5.74, 6) is 0. The lowest BCUT2D eigenvalue weighted by Crippen LogP contribution is -3.00. The molecule has 3 aromatic rings. The van der Waals surface area contributed by atoms with Gasteiger partial charge in [-0.2, -0.15) is 0 Å². The summed E-state index contributed by atoms with van der Waals surface area (Å²) < 4.78 is 0. The van der Waals surface area contributed by atoms with Crippen LogP contribution in [-0.4, -0.2) is 4.98 Å². The van der Waals surface area contributed by atoms with Gasteiger partial charge >= 0.3 is 0 Å². The van der Waals surface area contributed by atoms with Gasteiger partial charge in [-0.3, -0.25) is 4.98 Å². The normalized spacial score (nSPS) is 10.1. The van der Waals surface area contributed by atoms with Crippen LogP contribution < -0.4 is 17.7 Å². The molecule has 0 saturated carbocycles. The van der Waals surface area contributed by atoms with Crippen LogP contribution in [0.3, 0.4) is 0 Å². The van der Waals surface area contributed by atoms with Gasteiger partial charge in [0, 0.05) is 23.3 Å². The van der Waals surface area contributed by atoms with Crippen molar-refractivity contribution in [3.05, 3.63) is 71.9 Å². The first-order valence-corrected chi connectivity index (χ1v) is 6.47. The van der Waals surface area contributed by atoms with Gasteiger partial charge in [0.1, 0.15) is 0 Å². The minimum Gasteiger partial charge on any atom is -1.00 e. The smallest absolute Gasteiger partial charge is 0.0725 e. The Balaban J connectivity index is 0.00000147. The molecule has 1 aromatic heterocycles. The Kier molecular flexibility index (Phi) is 4.59. The van der Waals surface area contributed by atoms with E-state index in [1.165, 1.54) is 10.9 Å². The molecule has 1 N–H and O–H groups in total. The summed E-state index contributed by atoms with van der Waals surface area (Å²) in [6.45, 7) is 2.86. The van der Waals surface area contributed by atoms with E-state index in [-0.39, 0.29) is 12.4 Å². The molecule has 0 saturated heterocycles. The lowest BCUT2D eigenvalue weighted by Gasteiger charge is -2.10. The largest absolute Gasteiger partial charge is 1.00 e. The lowest BCUT2D eigenvalue weighted by molar-refractivity contribution is -0.00000390. The van der Waals surface area contributed by atoms with Gasteiger partial charge in [-0.05, 0) is 24.6 Å². The number of nitrogens with zero attached hydrogens (tertiary/aromatic N) is 1. The molecule has 3 rings (SSSR count). The number of benzene rings is 2. The van der Waals surface area contributed by atoms with Gasteiger partial charge in [-0.15, -0.1) is 0 Å². The van der Waals surface area contributed by atoms with Crippen LogP contribution in [0.4, 0.5) is 5.69 Å². The van der Waals surface area contributed by atoms with E-state index in [4.69, 9.17) is 0 Å². The second-order valence-electron chi connectivity index (χ2n) is 4.67. The zero-order valence-electron chi connectivity index (χ0n) is 11.3. The molecule has 0 aliphatic carbocycles. The van der Waals surface area contributed by atoms with Gasteiger partial charge in [0.25, 0.3) is 0 Å². The number of aryl methyl sites for hydroxylation is 1. The summed E-state index contributed by atoms with van der Waals surface area (Å²) in [7, 11) is 0. The molecule has 0 bridgehead atoms. The first kappa shape index (κ1) is 14.4. The number of pyridine rings is 1. The predicted molar refractivity (Wildman–Crippen MR) is 80.2 cm³/mol. The molecule has 102 valence electrons. The van der Waals surface area contributed by atoms with Crippen molar-refractivity contribution in [3.8, 4) is 0 Å². The topological polar surface area (TPSA) is 24.9 Å². The maximum absolute atomic E-state index is 4.55. The molecule has 0 aliphatic rings. The van der Waals surface area contributed by atoms with E-state index in [1.54, 1.807) is 0 Å². The van der Waals surface area contributed by atoms with Crippen LogP contribution in [-0.2, 0) is 6.54 Å². The van der Waals surface area contributed by atoms with E-state index in [0.717, 1.165) is 23.4 Å². The van der Waals surface area contributed by atoms with Gasteiger partial charge < -0.3 is 17.7 Å². The predicted octanol–water partition coefficient (Wildman–Crippen LogP) is 1.16. The Morgan fingerprint density at radius 2 is 1.65 bits per heavy atom. The van der Waals surface area contributed by atoms with E-state index in [1.807, 2.05) is 25.1 Å². The molecule has 2 nitrogen and oxygen atoms in total. The van der Waals surface area contributed by atoms with Gasteiger partial charge in [0.15, 0.2) is 0 Å². The molecule has 1 heterocycles. The quantitative estimate of drug-likeness (QED) is 0.780. The molecule has 0 amide bonds. The number of anilines is 1. The van der Waals surface area contributed by atoms with Crippen molar-refractivity contribution in [2.75, 3.05) is 5.32 Å². The molecular weight excluding hydrogens is 268 g/mol. The third-order valence-corrected chi connectivity index (χ3v) is 3.17. The van der Waals surface area contributed by atoms with Gasteiger partial charge in [-0.1, -0.05) is 48.5 Å². The molecule has 2 aromatic carbocycles. The van der Waals surface area contributed by atoms with Gasteiger partial charge in [0.2, 0.25) is 0 Å². The van der Waals surface area contributed by atoms with E-state index in [9.17, 15) is 0 Å². The number of aromatic nitrogens is 1. The van der Waals surface area contributed by atoms with Crippen LogP contribution in [0.5, 0.6) is 0 Å². The third kappa shape index (κ3) is 3.09. The van der Waals surface area contributed by atoms with Crippen molar-refractivity contribution in [2.24, 2.45) is 0 Å². The first-order chi connectivity index (χ1) is 9.33. The Bertz CT molecular complexity index is 696. The van der Waals surface area contributed by atoms with E-state index in [2.05, 4.69) is 52.8 Å². The highest BCUT2D eigenvalue weighted by molar-refractivity contribution is 5.91. The average molecular weight is 284 g/mol. The lowest BCUT2D eigenvalue weighted by atomic mass is 10.1. The Morgan fingerprint density at radius 3 is 2.45 bits per heavy atom. The fourth-order valence-corrected chi connectivity index (χ4v) is 2.25. The highest BCUT2D eigenvalue weighted by atomic mass is 35.5. The van der Waals surface area contributed by atoms with E-state index in [0.29, 0.717) is 0 Å². The second kappa shape index (κ2) is 6.40. The van der Waals surface area contributed by atoms with Crippen molar-refractivity contribution in [1.82, 2.24) is 4.98 Å². The maximum atomic E-state index is 4.55. The Morgan fingerprint density at radius 1 is 0.950 bits per heavy atom. The summed E-state index contributed by atoms with van der Waals surface area (Å²) in [5.41, 5.74) is 4.50. The highest BCUT2D eigenvalue weighted by Crippen LogP contribution is 2.23. The zero-order chi connectivity index (χ0) is 13.1. The SMILES string of the molecule is Cc1cc(NCc2ccccc2)c2ccccc2n1.[Cl-]. The summed E-state index contributed by atoms with van der Waals surface area (Å²) in [4.78, 5) is 4.55. The van der Waals surface area contributed by atoms with Crippen LogP contribution in [0.2, 0.25) is 0 Å². The van der Waals surface area contributed by atoms with Crippen molar-refractivity contribution in [3.63, 3.8) is 0 Å². The van der Waals surface area contributed by atoms with E-state index >= 15 is 0 Å². The number of para-hydroxylation sites is 1. The van der Waals surface area contributed by atoms with Crippen LogP contribution >= 0.6 is 0 Å². The fraction of sp³-hybridized carbons (Fsp3) is 0.118. The number of rotatable bonds is 3. The molecule has 3 heteroatoms. The fourth-order valence-electron chi connectivity index (χ4n) is 2.25. The molecule has 0 radical (unpaired) electrons. The Labute approximate surface area is 125 Å². The molecule has 0 atom stereocenters. The third-order valence-electron chi connectivity index (χ3n) is 3.17. The molecule has 0 aliphatic heterocycles. The summed E-state index contributed by atoms with van der Waals surface area (Å²) in [6, 6.07) is 20.8. The first-order valence-electron chi connectivity index (χ1n) is 6.47. The van der Waals surface area contributed by atoms with Crippen molar-refractivity contribution in [2.45, 2.75) is 13.5 Å². The maximum Gasteiger partial charge on any atom is 0.0725 e. The number of fused-ring (bicyclic) bond motifs is 1. The zero-order valence-corrected chi connectivity index (χ0v) is 12.1. The molecule has 0 unspecified atom stereocenters. The summed E-state index contributed by atoms with van der Waals surface area (Å²) in [5, 5.41) is 4.68. The molecule has 0 spiro atoms. The van der Waals surface area contributed by atoms with Crippen molar-refractivity contribution < 1.29 is 12.4 Å². The molecular formula is C17H16ClN2-. The number of hydrogen-bond acceptors (Lipinski definition) is 2. The van der Waals surface area contributed by atoms with Crippen LogP contribution in [0, 0.1) is 6.92 Å². The monoisotopic (exact) mass is 283 g/mol. The van der Waals surface area contributed by atoms with Crippen molar-refractivity contribution >= 4 is 16.6 Å². The van der Waals surface area contributed by atoms with Crippen LogP contribution in [0.15, 0.2) is 60.7 Å². The summed E-state index contributed by atoms with van der Waals surface area (Å²) in [6.07, 6.45) is 0. The summed E-state index contributed by atoms with van der Waals surface area (Å²) >= 11 is 0. The number of halogens is 1. The number of hydrogen-bond donors (Lipinski definition) is 1. The average Bonchev–Trinajstić information content (AvgIpc) is 2.45. The van der Waals surface area contributed by atoms with Crippen LogP contribution in [0.25, 0.3) is 10.9 Å². The van der Waals surface area contributed by atoms with E-state index < -0.39 is 0 Å². The second-order valence-corrected chi connectivity index (χ2v) is 4.67. The standard InChI is InChI=1S/C17H16N2.ClH/c1-13-11-17(15-9-5-6-10-16(15)19-13)18-12-14-7-3-2-4-8-14;/h2-11H,12H2,1H3,(H,18,19);1H/p-1. The minimum atomic E-state index is 0. The highest BCUT2D eigenvalue weighted by Gasteiger charge is 2.03. The Hall–Kier alpha value is -2.06. The molecule has 20 heavy (non-hydrogen) atoms. The van der Waals surface area contributed by atoms with Gasteiger partial charge in [0.05, 0.1) is 5.52 Å². The van der Waals surface area contributed by atoms with Crippen LogP contribution in [0.1, 0.15) is 11.3 Å². The van der Waals surface area contributed by atoms with Gasteiger partial charge in [-0.25, -0.2) is 0 Å².